The first-order valence-electron chi connectivity index (χ1n) is 12.2. The minimum atomic E-state index is -0.759. The van der Waals surface area contributed by atoms with Gasteiger partial charge in [-0.3, -0.25) is 9.59 Å². The summed E-state index contributed by atoms with van der Waals surface area (Å²) in [6, 6.07) is 5.21. The van der Waals surface area contributed by atoms with Crippen LogP contribution in [-0.4, -0.2) is 48.7 Å². The molecule has 34 heavy (non-hydrogen) atoms. The monoisotopic (exact) mass is 470 g/mol. The lowest BCUT2D eigenvalue weighted by Gasteiger charge is -2.25. The average molecular weight is 471 g/mol. The number of methoxy groups -OCH3 is 1. The Labute approximate surface area is 199 Å². The number of hydrogen-bond acceptors (Lipinski definition) is 6. The van der Waals surface area contributed by atoms with E-state index in [0.717, 1.165) is 25.5 Å². The van der Waals surface area contributed by atoms with E-state index in [9.17, 15) is 19.2 Å². The highest BCUT2D eigenvalue weighted by molar-refractivity contribution is 6.00. The van der Waals surface area contributed by atoms with Crippen LogP contribution in [0.2, 0.25) is 0 Å². The van der Waals surface area contributed by atoms with Crippen molar-refractivity contribution in [3.8, 4) is 5.75 Å². The summed E-state index contributed by atoms with van der Waals surface area (Å²) in [5.74, 6) is -0.358. The highest BCUT2D eigenvalue weighted by atomic mass is 16.5. The van der Waals surface area contributed by atoms with E-state index in [4.69, 9.17) is 9.15 Å². The zero-order valence-corrected chi connectivity index (χ0v) is 20.0. The summed E-state index contributed by atoms with van der Waals surface area (Å²) >= 11 is 0. The topological polar surface area (TPSA) is 106 Å². The summed E-state index contributed by atoms with van der Waals surface area (Å²) in [7, 11) is 1.51. The molecule has 1 aliphatic rings. The Balaban J connectivity index is 1.65. The minimum absolute atomic E-state index is 0.114. The lowest BCUT2D eigenvalue weighted by atomic mass is 10.1. The molecule has 0 aliphatic carbocycles. The Morgan fingerprint density at radius 3 is 2.71 bits per heavy atom. The smallest absolute Gasteiger partial charge is 0.349 e. The molecule has 0 spiro atoms. The maximum absolute atomic E-state index is 13.2. The second kappa shape index (κ2) is 12.3. The fraction of sp³-hybridized carbons (Fsp3) is 0.538. The normalized spacial score (nSPS) is 16.4. The number of fused-ring (bicyclic) bond motifs is 1. The summed E-state index contributed by atoms with van der Waals surface area (Å²) in [5, 5.41) is 3.37. The van der Waals surface area contributed by atoms with Crippen molar-refractivity contribution in [3.63, 3.8) is 0 Å². The van der Waals surface area contributed by atoms with Crippen LogP contribution in [0.4, 0.5) is 0 Å². The van der Waals surface area contributed by atoms with Crippen molar-refractivity contribution in [1.82, 2.24) is 10.2 Å². The fourth-order valence-electron chi connectivity index (χ4n) is 4.40. The largest absolute Gasteiger partial charge is 0.497 e. The van der Waals surface area contributed by atoms with E-state index in [1.54, 1.807) is 18.2 Å². The van der Waals surface area contributed by atoms with Crippen molar-refractivity contribution >= 4 is 29.1 Å². The second-order valence-corrected chi connectivity index (χ2v) is 8.82. The van der Waals surface area contributed by atoms with Gasteiger partial charge in [0.05, 0.1) is 13.2 Å². The molecule has 0 saturated carbocycles. The Morgan fingerprint density at radius 2 is 1.97 bits per heavy atom. The summed E-state index contributed by atoms with van der Waals surface area (Å²) in [6.07, 6.45) is 9.06. The van der Waals surface area contributed by atoms with Crippen LogP contribution in [0.1, 0.15) is 75.1 Å². The molecule has 2 amide bonds. The average Bonchev–Trinajstić information content (AvgIpc) is 3.34. The third-order valence-corrected chi connectivity index (χ3v) is 6.35. The van der Waals surface area contributed by atoms with Crippen LogP contribution in [0.5, 0.6) is 5.75 Å². The van der Waals surface area contributed by atoms with Crippen LogP contribution in [0.25, 0.3) is 11.0 Å². The van der Waals surface area contributed by atoms with E-state index in [0.29, 0.717) is 42.5 Å². The first kappa shape index (κ1) is 25.5. The van der Waals surface area contributed by atoms with Gasteiger partial charge in [-0.15, -0.1) is 0 Å². The van der Waals surface area contributed by atoms with Crippen LogP contribution in [0.3, 0.4) is 0 Å². The Bertz CT molecular complexity index is 1060. The molecule has 1 aromatic heterocycles. The van der Waals surface area contributed by atoms with Gasteiger partial charge in [0.15, 0.2) is 0 Å². The third-order valence-electron chi connectivity index (χ3n) is 6.35. The van der Waals surface area contributed by atoms with Gasteiger partial charge in [0.2, 0.25) is 5.91 Å². The molecule has 2 heterocycles. The van der Waals surface area contributed by atoms with Gasteiger partial charge in [-0.2, -0.15) is 0 Å². The number of ether oxygens (including phenoxy) is 1. The summed E-state index contributed by atoms with van der Waals surface area (Å²) in [5.41, 5.74) is -0.554. The molecule has 1 aromatic carbocycles. The van der Waals surface area contributed by atoms with Crippen molar-refractivity contribution in [2.75, 3.05) is 13.7 Å². The highest BCUT2D eigenvalue weighted by Gasteiger charge is 2.36. The highest BCUT2D eigenvalue weighted by Crippen LogP contribution is 2.23. The predicted molar refractivity (Wildman–Crippen MR) is 129 cm³/mol. The zero-order chi connectivity index (χ0) is 24.5. The molecule has 8 nitrogen and oxygen atoms in total. The molecule has 184 valence electrons. The number of hydrogen-bond donors (Lipinski definition) is 1. The molecule has 1 aliphatic heterocycles. The van der Waals surface area contributed by atoms with E-state index < -0.39 is 23.6 Å². The van der Waals surface area contributed by atoms with Crippen molar-refractivity contribution in [1.29, 1.82) is 0 Å². The van der Waals surface area contributed by atoms with Crippen molar-refractivity contribution < 1.29 is 23.5 Å². The number of benzene rings is 1. The number of amides is 2. The molecule has 2 atom stereocenters. The number of carbonyl (C=O) groups is 3. The Kier molecular flexibility index (Phi) is 9.24. The zero-order valence-electron chi connectivity index (χ0n) is 20.0. The number of rotatable bonds is 12. The minimum Gasteiger partial charge on any atom is -0.497 e. The summed E-state index contributed by atoms with van der Waals surface area (Å²) in [4.78, 5) is 51.6. The van der Waals surface area contributed by atoms with E-state index >= 15 is 0 Å². The number of nitrogens with one attached hydrogen (secondary N) is 1. The molecule has 1 N–H and O–H groups in total. The quantitative estimate of drug-likeness (QED) is 0.287. The maximum Gasteiger partial charge on any atom is 0.349 e. The molecule has 0 radical (unpaired) electrons. The van der Waals surface area contributed by atoms with Crippen LogP contribution in [0, 0.1) is 0 Å². The number of carbonyl (C=O) groups excluding carboxylic acids is 3. The third kappa shape index (κ3) is 6.24. The molecule has 2 aromatic rings. The molecule has 8 heteroatoms. The molecule has 1 saturated heterocycles. The number of unbranched alkanes of at least 4 members (excludes halogenated alkanes) is 5. The van der Waals surface area contributed by atoms with Crippen molar-refractivity contribution in [2.24, 2.45) is 0 Å². The second-order valence-electron chi connectivity index (χ2n) is 8.82. The molecule has 1 fully saturated rings. The van der Waals surface area contributed by atoms with Gasteiger partial charge in [-0.25, -0.2) is 4.79 Å². The van der Waals surface area contributed by atoms with Gasteiger partial charge in [-0.05, 0) is 37.5 Å². The number of nitrogens with zero attached hydrogens (tertiary/aromatic N) is 1. The van der Waals surface area contributed by atoms with Gasteiger partial charge >= 0.3 is 5.63 Å². The summed E-state index contributed by atoms with van der Waals surface area (Å²) < 4.78 is 10.5. The van der Waals surface area contributed by atoms with Gasteiger partial charge in [0.1, 0.15) is 29.2 Å². The molecule has 0 bridgehead atoms. The van der Waals surface area contributed by atoms with Crippen molar-refractivity contribution in [3.05, 3.63) is 40.2 Å². The van der Waals surface area contributed by atoms with Crippen LogP contribution < -0.4 is 15.7 Å². The Hall–Kier alpha value is -3.16. The first-order chi connectivity index (χ1) is 16.5. The maximum atomic E-state index is 13.2. The van der Waals surface area contributed by atoms with E-state index in [1.165, 1.54) is 37.3 Å². The lowest BCUT2D eigenvalue weighted by molar-refractivity contribution is -0.127. The van der Waals surface area contributed by atoms with Gasteiger partial charge < -0.3 is 24.2 Å². The van der Waals surface area contributed by atoms with E-state index in [-0.39, 0.29) is 11.5 Å². The number of aldehydes is 1. The SMILES string of the molecule is CCCCCCCCC(C=O)NC(=O)C1CCCN1C(=O)c1cc2ccc(OC)cc2oc1=O. The molecular formula is C26H34N2O6. The lowest BCUT2D eigenvalue weighted by Crippen LogP contribution is -2.49. The van der Waals surface area contributed by atoms with Crippen LogP contribution >= 0.6 is 0 Å². The molecular weight excluding hydrogens is 436 g/mol. The van der Waals surface area contributed by atoms with Crippen LogP contribution in [-0.2, 0) is 9.59 Å². The van der Waals surface area contributed by atoms with E-state index in [2.05, 4.69) is 12.2 Å². The molecule has 3 rings (SSSR count). The first-order valence-corrected chi connectivity index (χ1v) is 12.2. The summed E-state index contributed by atoms with van der Waals surface area (Å²) in [6.45, 7) is 2.53. The van der Waals surface area contributed by atoms with Crippen LogP contribution in [0.15, 0.2) is 33.5 Å². The van der Waals surface area contributed by atoms with E-state index in [1.807, 2.05) is 0 Å². The predicted octanol–water partition coefficient (Wildman–Crippen LogP) is 3.84. The van der Waals surface area contributed by atoms with Crippen molar-refractivity contribution in [2.45, 2.75) is 76.8 Å². The van der Waals surface area contributed by atoms with Gasteiger partial charge in [-0.1, -0.05) is 45.4 Å². The van der Waals surface area contributed by atoms with Gasteiger partial charge in [0.25, 0.3) is 5.91 Å². The van der Waals surface area contributed by atoms with Gasteiger partial charge in [0, 0.05) is 18.0 Å². The number of likely N-dealkylation sites (tertiary alicyclic amines) is 1. The Morgan fingerprint density at radius 1 is 1.21 bits per heavy atom. The standard InChI is InChI=1S/C26H34N2O6/c1-3-4-5-6-7-8-10-19(17-29)27-24(30)22-11-9-14-28(22)25(31)21-15-18-12-13-20(33-2)16-23(18)34-26(21)32/h12-13,15-17,19,22H,3-11,14H2,1-2H3,(H,27,30). The fourth-order valence-corrected chi connectivity index (χ4v) is 4.40. The molecule has 2 unspecified atom stereocenters.